The SMILES string of the molecule is CC(C)(C)C1CCc2c(sc(NC(=O)C3(C)CC3(Br)Br)c2C(N)=O)C1. The lowest BCUT2D eigenvalue weighted by Gasteiger charge is -2.33. The molecular formula is C18H24Br2N2O2S. The minimum absolute atomic E-state index is 0.0882. The summed E-state index contributed by atoms with van der Waals surface area (Å²) in [6, 6.07) is 0. The third kappa shape index (κ3) is 3.32. The zero-order chi connectivity index (χ0) is 18.8. The molecule has 2 aliphatic carbocycles. The number of primary amides is 1. The van der Waals surface area contributed by atoms with Gasteiger partial charge in [-0.05, 0) is 49.5 Å². The van der Waals surface area contributed by atoms with E-state index in [-0.39, 0.29) is 14.6 Å². The highest BCUT2D eigenvalue weighted by molar-refractivity contribution is 9.25. The van der Waals surface area contributed by atoms with Crippen LogP contribution in [0.4, 0.5) is 5.00 Å². The van der Waals surface area contributed by atoms with Crippen molar-refractivity contribution in [3.8, 4) is 0 Å². The molecule has 1 heterocycles. The molecule has 138 valence electrons. The average Bonchev–Trinajstić information content (AvgIpc) is 2.84. The van der Waals surface area contributed by atoms with Gasteiger partial charge in [0.05, 0.1) is 14.2 Å². The Hall–Kier alpha value is -0.400. The number of thiophene rings is 1. The van der Waals surface area contributed by atoms with Crippen molar-refractivity contribution < 1.29 is 9.59 Å². The van der Waals surface area contributed by atoms with Gasteiger partial charge in [0.15, 0.2) is 0 Å². The Morgan fingerprint density at radius 1 is 1.32 bits per heavy atom. The smallest absolute Gasteiger partial charge is 0.251 e. The van der Waals surface area contributed by atoms with E-state index in [1.165, 1.54) is 16.2 Å². The summed E-state index contributed by atoms with van der Waals surface area (Å²) in [5, 5.41) is 3.59. The molecule has 25 heavy (non-hydrogen) atoms. The zero-order valence-electron chi connectivity index (χ0n) is 15.0. The Balaban J connectivity index is 1.90. The van der Waals surface area contributed by atoms with Crippen LogP contribution in [0.5, 0.6) is 0 Å². The summed E-state index contributed by atoms with van der Waals surface area (Å²) in [6.07, 6.45) is 3.54. The first-order valence-corrected chi connectivity index (χ1v) is 10.9. The van der Waals surface area contributed by atoms with Crippen molar-refractivity contribution >= 4 is 60.0 Å². The number of nitrogens with two attached hydrogens (primary N) is 1. The van der Waals surface area contributed by atoms with Crippen molar-refractivity contribution in [2.24, 2.45) is 22.5 Å². The van der Waals surface area contributed by atoms with Crippen LogP contribution in [0.15, 0.2) is 0 Å². The van der Waals surface area contributed by atoms with E-state index < -0.39 is 11.3 Å². The van der Waals surface area contributed by atoms with Gasteiger partial charge in [-0.3, -0.25) is 9.59 Å². The Bertz CT molecular complexity index is 751. The molecule has 3 N–H and O–H groups in total. The molecule has 4 nitrogen and oxygen atoms in total. The van der Waals surface area contributed by atoms with Crippen molar-refractivity contribution in [2.75, 3.05) is 5.32 Å². The predicted molar refractivity (Wildman–Crippen MR) is 110 cm³/mol. The van der Waals surface area contributed by atoms with Gasteiger partial charge < -0.3 is 11.1 Å². The highest BCUT2D eigenvalue weighted by Crippen LogP contribution is 2.66. The lowest BCUT2D eigenvalue weighted by molar-refractivity contribution is -0.120. The van der Waals surface area contributed by atoms with E-state index in [4.69, 9.17) is 5.73 Å². The van der Waals surface area contributed by atoms with Gasteiger partial charge in [0.1, 0.15) is 5.00 Å². The van der Waals surface area contributed by atoms with E-state index in [0.717, 1.165) is 24.8 Å². The minimum atomic E-state index is -0.527. The van der Waals surface area contributed by atoms with E-state index in [0.29, 0.717) is 22.9 Å². The molecule has 1 saturated carbocycles. The molecule has 3 rings (SSSR count). The first-order valence-electron chi connectivity index (χ1n) is 8.50. The predicted octanol–water partition coefficient (Wildman–Crippen LogP) is 4.83. The van der Waals surface area contributed by atoms with Gasteiger partial charge in [-0.1, -0.05) is 52.6 Å². The number of rotatable bonds is 3. The molecule has 2 atom stereocenters. The highest BCUT2D eigenvalue weighted by Gasteiger charge is 2.66. The number of anilines is 1. The van der Waals surface area contributed by atoms with Gasteiger partial charge in [-0.25, -0.2) is 0 Å². The van der Waals surface area contributed by atoms with Crippen LogP contribution in [-0.4, -0.2) is 15.0 Å². The van der Waals surface area contributed by atoms with Crippen LogP contribution in [0, 0.1) is 16.7 Å². The second-order valence-electron chi connectivity index (χ2n) is 8.55. The van der Waals surface area contributed by atoms with Gasteiger partial charge in [-0.2, -0.15) is 0 Å². The van der Waals surface area contributed by atoms with Crippen LogP contribution in [0.2, 0.25) is 0 Å². The second-order valence-corrected chi connectivity index (χ2v) is 13.4. The summed E-state index contributed by atoms with van der Waals surface area (Å²) < 4.78 is -0.363. The molecule has 2 unspecified atom stereocenters. The van der Waals surface area contributed by atoms with Crippen LogP contribution in [0.3, 0.4) is 0 Å². The van der Waals surface area contributed by atoms with Gasteiger partial charge >= 0.3 is 0 Å². The van der Waals surface area contributed by atoms with E-state index in [9.17, 15) is 9.59 Å². The molecule has 2 aliphatic rings. The lowest BCUT2D eigenvalue weighted by Crippen LogP contribution is -2.28. The van der Waals surface area contributed by atoms with E-state index in [1.807, 2.05) is 6.92 Å². The highest BCUT2D eigenvalue weighted by atomic mass is 79.9. The maximum atomic E-state index is 12.7. The first-order chi connectivity index (χ1) is 11.4. The van der Waals surface area contributed by atoms with Crippen molar-refractivity contribution in [1.82, 2.24) is 0 Å². The van der Waals surface area contributed by atoms with Gasteiger partial charge in [0.2, 0.25) is 5.91 Å². The number of carbonyl (C=O) groups excluding carboxylic acids is 2. The maximum absolute atomic E-state index is 12.7. The fraction of sp³-hybridized carbons (Fsp3) is 0.667. The first kappa shape index (κ1) is 19.4. The molecular weight excluding hydrogens is 468 g/mol. The van der Waals surface area contributed by atoms with Crippen LogP contribution >= 0.6 is 43.2 Å². The lowest BCUT2D eigenvalue weighted by atomic mass is 9.72. The summed E-state index contributed by atoms with van der Waals surface area (Å²) in [7, 11) is 0. The average molecular weight is 492 g/mol. The van der Waals surface area contributed by atoms with Gasteiger partial charge in [0.25, 0.3) is 5.91 Å². The summed E-state index contributed by atoms with van der Waals surface area (Å²) in [4.78, 5) is 26.0. The Morgan fingerprint density at radius 3 is 2.40 bits per heavy atom. The number of nitrogens with one attached hydrogen (secondary N) is 1. The van der Waals surface area contributed by atoms with E-state index in [1.54, 1.807) is 0 Å². The molecule has 0 aromatic carbocycles. The summed E-state index contributed by atoms with van der Waals surface area (Å²) >= 11 is 8.57. The summed E-state index contributed by atoms with van der Waals surface area (Å²) in [5.74, 6) is 0.0308. The number of fused-ring (bicyclic) bond motifs is 1. The van der Waals surface area contributed by atoms with Crippen LogP contribution in [0.25, 0.3) is 0 Å². The van der Waals surface area contributed by atoms with Crippen LogP contribution in [-0.2, 0) is 17.6 Å². The molecule has 0 spiro atoms. The quantitative estimate of drug-likeness (QED) is 0.594. The Morgan fingerprint density at radius 2 is 1.92 bits per heavy atom. The molecule has 0 saturated heterocycles. The fourth-order valence-corrected chi connectivity index (χ4v) is 6.37. The van der Waals surface area contributed by atoms with E-state index in [2.05, 4.69) is 57.9 Å². The van der Waals surface area contributed by atoms with E-state index >= 15 is 0 Å². The fourth-order valence-electron chi connectivity index (χ4n) is 3.56. The number of halogens is 2. The van der Waals surface area contributed by atoms with Gasteiger partial charge in [0, 0.05) is 4.88 Å². The van der Waals surface area contributed by atoms with Crippen LogP contribution < -0.4 is 11.1 Å². The molecule has 2 amide bonds. The van der Waals surface area contributed by atoms with Crippen molar-refractivity contribution in [3.63, 3.8) is 0 Å². The third-order valence-electron chi connectivity index (χ3n) is 5.72. The normalized spacial score (nSPS) is 27.5. The molecule has 0 aliphatic heterocycles. The molecule has 0 radical (unpaired) electrons. The van der Waals surface area contributed by atoms with Crippen molar-refractivity contribution in [2.45, 2.75) is 56.6 Å². The standard InChI is InChI=1S/C18H24Br2N2O2S/c1-16(2,3)9-5-6-10-11(7-9)25-14(12(10)13(21)23)22-15(24)17(4)8-18(17,19)20/h9H,5-8H2,1-4H3,(H2,21,23)(H,22,24). The maximum Gasteiger partial charge on any atom is 0.251 e. The largest absolute Gasteiger partial charge is 0.365 e. The molecule has 1 fully saturated rings. The zero-order valence-corrected chi connectivity index (χ0v) is 19.0. The monoisotopic (exact) mass is 490 g/mol. The number of alkyl halides is 2. The molecule has 1 aromatic heterocycles. The minimum Gasteiger partial charge on any atom is -0.365 e. The number of carbonyl (C=O) groups is 2. The molecule has 7 heteroatoms. The summed E-state index contributed by atoms with van der Waals surface area (Å²) in [5.41, 5.74) is 6.91. The second kappa shape index (κ2) is 6.06. The third-order valence-corrected chi connectivity index (χ3v) is 9.20. The van der Waals surface area contributed by atoms with Gasteiger partial charge in [-0.15, -0.1) is 11.3 Å². The Labute approximate surface area is 169 Å². The number of hydrogen-bond acceptors (Lipinski definition) is 3. The molecule has 1 aromatic rings. The Kier molecular flexibility index (Phi) is 4.69. The molecule has 0 bridgehead atoms. The van der Waals surface area contributed by atoms with Crippen molar-refractivity contribution in [3.05, 3.63) is 16.0 Å². The van der Waals surface area contributed by atoms with Crippen molar-refractivity contribution in [1.29, 1.82) is 0 Å². The number of hydrogen-bond donors (Lipinski definition) is 2. The number of amides is 2. The summed E-state index contributed by atoms with van der Waals surface area (Å²) in [6.45, 7) is 8.67. The topological polar surface area (TPSA) is 72.2 Å². The van der Waals surface area contributed by atoms with Crippen LogP contribution in [0.1, 0.15) is 61.3 Å².